The zero-order chi connectivity index (χ0) is 29.8. The summed E-state index contributed by atoms with van der Waals surface area (Å²) in [5.41, 5.74) is 1.44. The first kappa shape index (κ1) is 33.5. The van der Waals surface area contributed by atoms with Crippen LogP contribution in [0.15, 0.2) is 48.2 Å². The van der Waals surface area contributed by atoms with E-state index in [1.54, 1.807) is 12.1 Å². The van der Waals surface area contributed by atoms with Crippen molar-refractivity contribution in [3.8, 4) is 5.75 Å². The van der Waals surface area contributed by atoms with Crippen LogP contribution in [0.4, 0.5) is 4.79 Å². The molecule has 0 fully saturated rings. The minimum Gasteiger partial charge on any atom is -0.506 e. The van der Waals surface area contributed by atoms with E-state index in [0.29, 0.717) is 31.8 Å². The van der Waals surface area contributed by atoms with Gasteiger partial charge in [-0.3, -0.25) is 14.4 Å². The van der Waals surface area contributed by atoms with Gasteiger partial charge in [0, 0.05) is 0 Å². The Morgan fingerprint density at radius 2 is 1.45 bits per heavy atom. The van der Waals surface area contributed by atoms with Gasteiger partial charge in [0.15, 0.2) is 6.29 Å². The molecule has 0 heterocycles. The number of hydrogen-bond acceptors (Lipinski definition) is 6. The van der Waals surface area contributed by atoms with Gasteiger partial charge in [-0.1, -0.05) is 58.0 Å². The average Bonchev–Trinajstić information content (AvgIpc) is 2.89. The van der Waals surface area contributed by atoms with Crippen LogP contribution in [0.25, 0.3) is 6.08 Å². The van der Waals surface area contributed by atoms with Gasteiger partial charge in [0.1, 0.15) is 24.4 Å². The Morgan fingerprint density at radius 1 is 0.900 bits per heavy atom. The van der Waals surface area contributed by atoms with Crippen LogP contribution in [0.2, 0.25) is 0 Å². The molecule has 0 aliphatic heterocycles. The highest BCUT2D eigenvalue weighted by Gasteiger charge is 2.28. The van der Waals surface area contributed by atoms with E-state index in [4.69, 9.17) is 4.74 Å². The summed E-state index contributed by atoms with van der Waals surface area (Å²) in [5, 5.41) is 18.0. The van der Waals surface area contributed by atoms with Crippen molar-refractivity contribution in [1.82, 2.24) is 16.0 Å². The molecular formula is C29H35I2N3O6. The summed E-state index contributed by atoms with van der Waals surface area (Å²) in [6.45, 7) is 7.72. The lowest BCUT2D eigenvalue weighted by Crippen LogP contribution is -2.54. The molecule has 4 N–H and O–H groups in total. The van der Waals surface area contributed by atoms with Crippen molar-refractivity contribution >= 4 is 75.5 Å². The number of carbonyl (C=O) groups excluding carboxylic acids is 4. The number of alkyl carbamates (subject to hydrolysis) is 1. The van der Waals surface area contributed by atoms with Gasteiger partial charge in [-0.05, 0) is 99.2 Å². The van der Waals surface area contributed by atoms with E-state index < -0.39 is 30.0 Å². The van der Waals surface area contributed by atoms with E-state index in [0.717, 1.165) is 5.56 Å². The third kappa shape index (κ3) is 11.4. The molecule has 0 radical (unpaired) electrons. The van der Waals surface area contributed by atoms with E-state index in [1.807, 2.05) is 103 Å². The number of halogens is 2. The van der Waals surface area contributed by atoms with E-state index in [1.165, 1.54) is 6.08 Å². The minimum atomic E-state index is -0.951. The zero-order valence-electron chi connectivity index (χ0n) is 22.9. The molecule has 216 valence electrons. The normalized spacial score (nSPS) is 12.9. The fourth-order valence-electron chi connectivity index (χ4n) is 3.76. The number of hydrogen-bond donors (Lipinski definition) is 4. The quantitative estimate of drug-likeness (QED) is 0.127. The van der Waals surface area contributed by atoms with Gasteiger partial charge in [0.25, 0.3) is 0 Å². The van der Waals surface area contributed by atoms with Crippen LogP contribution in [0, 0.1) is 19.0 Å². The molecule has 0 saturated carbocycles. The summed E-state index contributed by atoms with van der Waals surface area (Å²) in [5.74, 6) is -0.817. The number of allylic oxidation sites excluding steroid dienone is 1. The molecule has 0 spiro atoms. The fourth-order valence-corrected chi connectivity index (χ4v) is 5.58. The number of rotatable bonds is 13. The Kier molecular flexibility index (Phi) is 13.9. The largest absolute Gasteiger partial charge is 0.506 e. The Labute approximate surface area is 262 Å². The van der Waals surface area contributed by atoms with Crippen LogP contribution < -0.4 is 16.0 Å². The molecule has 0 bridgehead atoms. The molecule has 9 nitrogen and oxygen atoms in total. The zero-order valence-corrected chi connectivity index (χ0v) is 27.2. The molecule has 3 amide bonds. The van der Waals surface area contributed by atoms with Crippen LogP contribution in [0.3, 0.4) is 0 Å². The second kappa shape index (κ2) is 16.6. The number of amides is 3. The second-order valence-electron chi connectivity index (χ2n) is 10.1. The van der Waals surface area contributed by atoms with Gasteiger partial charge in [-0.25, -0.2) is 4.79 Å². The van der Waals surface area contributed by atoms with Crippen molar-refractivity contribution < 1.29 is 29.0 Å². The first-order chi connectivity index (χ1) is 18.9. The van der Waals surface area contributed by atoms with Gasteiger partial charge in [-0.2, -0.15) is 0 Å². The Morgan fingerprint density at radius 3 is 1.98 bits per heavy atom. The van der Waals surface area contributed by atoms with Crippen LogP contribution in [0.1, 0.15) is 51.7 Å². The van der Waals surface area contributed by atoms with E-state index in [-0.39, 0.29) is 29.9 Å². The number of phenolic OH excluding ortho intramolecular Hbond substituents is 1. The van der Waals surface area contributed by atoms with Crippen molar-refractivity contribution in [2.75, 3.05) is 0 Å². The molecule has 0 aromatic heterocycles. The van der Waals surface area contributed by atoms with Crippen molar-refractivity contribution in [2.24, 2.45) is 11.8 Å². The second-order valence-corrected chi connectivity index (χ2v) is 12.4. The van der Waals surface area contributed by atoms with Crippen molar-refractivity contribution in [2.45, 2.75) is 59.2 Å². The number of carbonyl (C=O) groups is 4. The molecule has 0 saturated heterocycles. The summed E-state index contributed by atoms with van der Waals surface area (Å²) in [6.07, 6.45) is 1.92. The fraction of sp³-hybridized carbons (Fsp3) is 0.379. The summed E-state index contributed by atoms with van der Waals surface area (Å²) >= 11 is 3.96. The third-order valence-electron chi connectivity index (χ3n) is 5.62. The van der Waals surface area contributed by atoms with Crippen molar-refractivity contribution in [3.63, 3.8) is 0 Å². The van der Waals surface area contributed by atoms with Crippen molar-refractivity contribution in [3.05, 3.63) is 66.4 Å². The maximum atomic E-state index is 13.3. The van der Waals surface area contributed by atoms with Gasteiger partial charge >= 0.3 is 6.09 Å². The lowest BCUT2D eigenvalue weighted by molar-refractivity contribution is -0.130. The van der Waals surface area contributed by atoms with Crippen LogP contribution in [-0.2, 0) is 25.7 Å². The number of nitrogens with one attached hydrogen (secondary N) is 3. The predicted molar refractivity (Wildman–Crippen MR) is 170 cm³/mol. The molecule has 11 heteroatoms. The Bertz CT molecular complexity index is 1190. The van der Waals surface area contributed by atoms with Crippen LogP contribution in [0.5, 0.6) is 5.75 Å². The number of ether oxygens (including phenoxy) is 1. The predicted octanol–water partition coefficient (Wildman–Crippen LogP) is 5.13. The smallest absolute Gasteiger partial charge is 0.408 e. The molecule has 2 aromatic rings. The molecular weight excluding hydrogens is 740 g/mol. The van der Waals surface area contributed by atoms with Crippen molar-refractivity contribution in [1.29, 1.82) is 0 Å². The SMILES string of the molecule is CC(C)CC(NC(=O)[C@H](CC(C)C)NC(=O)OCc1ccccc1)C(=O)NC(C=O)=Cc1cc(I)c(O)c(I)c1. The molecule has 2 rings (SSSR count). The molecule has 1 unspecified atom stereocenters. The van der Waals surface area contributed by atoms with Crippen LogP contribution in [-0.4, -0.2) is 41.4 Å². The van der Waals surface area contributed by atoms with Gasteiger partial charge in [0.2, 0.25) is 11.8 Å². The highest BCUT2D eigenvalue weighted by molar-refractivity contribution is 14.1. The first-order valence-corrected chi connectivity index (χ1v) is 15.0. The number of benzene rings is 2. The lowest BCUT2D eigenvalue weighted by Gasteiger charge is -2.25. The molecule has 40 heavy (non-hydrogen) atoms. The van der Waals surface area contributed by atoms with E-state index >= 15 is 0 Å². The third-order valence-corrected chi connectivity index (χ3v) is 7.27. The molecule has 0 aliphatic rings. The number of phenols is 1. The summed E-state index contributed by atoms with van der Waals surface area (Å²) in [7, 11) is 0. The lowest BCUT2D eigenvalue weighted by atomic mass is 10.00. The number of aldehydes is 1. The standard InChI is InChI=1S/C29H35I2N3O6/c1-17(2)10-24(27(37)32-21(15-35)12-20-13-22(30)26(36)23(31)14-20)33-28(38)25(11-18(3)4)34-29(39)40-16-19-8-6-5-7-9-19/h5-9,12-15,17-18,24-25,36H,10-11,16H2,1-4H3,(H,32,37)(H,33,38)(H,34,39)/t24?,25-/m0/s1. The van der Waals surface area contributed by atoms with Gasteiger partial charge in [-0.15, -0.1) is 0 Å². The first-order valence-electron chi connectivity index (χ1n) is 12.8. The highest BCUT2D eigenvalue weighted by Crippen LogP contribution is 2.28. The van der Waals surface area contributed by atoms with Crippen LogP contribution >= 0.6 is 45.2 Å². The maximum Gasteiger partial charge on any atom is 0.408 e. The van der Waals surface area contributed by atoms with Gasteiger partial charge < -0.3 is 25.8 Å². The number of aromatic hydroxyl groups is 1. The monoisotopic (exact) mass is 775 g/mol. The van der Waals surface area contributed by atoms with Gasteiger partial charge in [0.05, 0.1) is 12.8 Å². The molecule has 2 atom stereocenters. The Hall–Kier alpha value is -2.68. The molecule has 2 aromatic carbocycles. The summed E-state index contributed by atoms with van der Waals surface area (Å²) < 4.78 is 6.48. The summed E-state index contributed by atoms with van der Waals surface area (Å²) in [4.78, 5) is 50.7. The maximum absolute atomic E-state index is 13.3. The van der Waals surface area contributed by atoms with E-state index in [9.17, 15) is 24.3 Å². The Balaban J connectivity index is 2.14. The highest BCUT2D eigenvalue weighted by atomic mass is 127. The molecule has 0 aliphatic carbocycles. The van der Waals surface area contributed by atoms with E-state index in [2.05, 4.69) is 16.0 Å². The average molecular weight is 775 g/mol. The summed E-state index contributed by atoms with van der Waals surface area (Å²) in [6, 6.07) is 10.7. The topological polar surface area (TPSA) is 134 Å². The minimum absolute atomic E-state index is 0.00615.